The Labute approximate surface area is 196 Å². The van der Waals surface area contributed by atoms with Crippen LogP contribution in [0.4, 0.5) is 5.69 Å². The highest BCUT2D eigenvalue weighted by Gasteiger charge is 2.62. The number of nitrogens with zero attached hydrogens (tertiary/aromatic N) is 2. The molecule has 31 heavy (non-hydrogen) atoms. The molecule has 0 bridgehead atoms. The van der Waals surface area contributed by atoms with Crippen molar-refractivity contribution in [3.8, 4) is 0 Å². The molecule has 5 nitrogen and oxygen atoms in total. The van der Waals surface area contributed by atoms with Gasteiger partial charge in [-0.3, -0.25) is 4.79 Å². The lowest BCUT2D eigenvalue weighted by Gasteiger charge is -2.29. The molecule has 0 unspecified atom stereocenters. The van der Waals surface area contributed by atoms with Crippen LogP contribution in [-0.2, 0) is 21.2 Å². The van der Waals surface area contributed by atoms with E-state index in [9.17, 15) is 13.2 Å². The molecule has 1 amide bonds. The van der Waals surface area contributed by atoms with Crippen LogP contribution >= 0.6 is 23.2 Å². The van der Waals surface area contributed by atoms with E-state index in [2.05, 4.69) is 30.9 Å². The van der Waals surface area contributed by atoms with Crippen LogP contribution in [-0.4, -0.2) is 49.9 Å². The van der Waals surface area contributed by atoms with Crippen molar-refractivity contribution in [2.24, 2.45) is 17.3 Å². The smallest absolute Gasteiger partial charge is 0.227 e. The lowest BCUT2D eigenvalue weighted by molar-refractivity contribution is -0.136. The van der Waals surface area contributed by atoms with Crippen LogP contribution in [0.5, 0.6) is 0 Å². The molecule has 1 aliphatic heterocycles. The summed E-state index contributed by atoms with van der Waals surface area (Å²) in [6.45, 7) is 10.5. The van der Waals surface area contributed by atoms with E-state index < -0.39 is 9.84 Å². The van der Waals surface area contributed by atoms with Gasteiger partial charge in [-0.1, -0.05) is 49.2 Å². The third kappa shape index (κ3) is 5.40. The zero-order chi connectivity index (χ0) is 23.0. The third-order valence-corrected chi connectivity index (χ3v) is 8.83. The molecule has 0 radical (unpaired) electrons. The minimum absolute atomic E-state index is 0.0178. The zero-order valence-electron chi connectivity index (χ0n) is 18.6. The Morgan fingerprint density at radius 3 is 2.26 bits per heavy atom. The molecule has 0 N–H and O–H groups in total. The monoisotopic (exact) mass is 486 g/mol. The van der Waals surface area contributed by atoms with Crippen LogP contribution in [0.1, 0.15) is 39.7 Å². The molecule has 8 heteroatoms. The third-order valence-electron chi connectivity index (χ3n) is 6.83. The largest absolute Gasteiger partial charge is 0.372 e. The summed E-state index contributed by atoms with van der Waals surface area (Å²) in [5, 5.41) is 0. The lowest BCUT2D eigenvalue weighted by Crippen LogP contribution is -2.42. The van der Waals surface area contributed by atoms with Gasteiger partial charge in [0.05, 0.1) is 17.4 Å². The number of hydrogen-bond acceptors (Lipinski definition) is 4. The van der Waals surface area contributed by atoms with E-state index in [0.717, 1.165) is 24.3 Å². The Balaban J connectivity index is 1.84. The molecule has 1 aromatic rings. The van der Waals surface area contributed by atoms with Gasteiger partial charge in [0, 0.05) is 31.4 Å². The summed E-state index contributed by atoms with van der Waals surface area (Å²) >= 11 is 11.7. The number of benzene rings is 1. The van der Waals surface area contributed by atoms with E-state index in [1.165, 1.54) is 0 Å². The summed E-state index contributed by atoms with van der Waals surface area (Å²) in [6.07, 6.45) is 2.21. The number of hydrogen-bond donors (Lipinski definition) is 0. The molecule has 3 atom stereocenters. The number of carbonyl (C=O) groups is 1. The standard InChI is InChI=1S/C23H32Cl2N2O3S/c1-5-26(6-2)17-9-7-16(8-10-17)14-27(18-11-12-31(29,30)15-18)22(28)21-19(13-20(24)25)23(21,3)4/h7-10,13,18-19,21H,5-6,11-12,14-15H2,1-4H3/t18-,19-,21-/m0/s1. The second-order valence-electron chi connectivity index (χ2n) is 9.14. The number of rotatable bonds is 8. The predicted molar refractivity (Wildman–Crippen MR) is 128 cm³/mol. The lowest BCUT2D eigenvalue weighted by atomic mass is 10.1. The van der Waals surface area contributed by atoms with Crippen molar-refractivity contribution in [1.29, 1.82) is 0 Å². The van der Waals surface area contributed by atoms with Crippen molar-refractivity contribution in [2.75, 3.05) is 29.5 Å². The SMILES string of the molecule is CCN(CC)c1ccc(CN(C(=O)[C@@H]2[C@H](C=C(Cl)Cl)C2(C)C)[C@H]2CCS(=O)(=O)C2)cc1. The Hall–Kier alpha value is -1.24. The van der Waals surface area contributed by atoms with Crippen LogP contribution in [0, 0.1) is 17.3 Å². The van der Waals surface area contributed by atoms with Crippen molar-refractivity contribution in [3.05, 3.63) is 40.4 Å². The molecule has 1 saturated heterocycles. The van der Waals surface area contributed by atoms with E-state index in [-0.39, 0.29) is 45.2 Å². The molecule has 3 rings (SSSR count). The van der Waals surface area contributed by atoms with Crippen molar-refractivity contribution >= 4 is 44.6 Å². The van der Waals surface area contributed by atoms with E-state index in [1.807, 2.05) is 26.0 Å². The van der Waals surface area contributed by atoms with Gasteiger partial charge in [0.25, 0.3) is 0 Å². The number of sulfone groups is 1. The molecule has 172 valence electrons. The second kappa shape index (κ2) is 9.32. The first-order valence-corrected chi connectivity index (χ1v) is 13.5. The quantitative estimate of drug-likeness (QED) is 0.536. The summed E-state index contributed by atoms with van der Waals surface area (Å²) in [7, 11) is -3.11. The minimum Gasteiger partial charge on any atom is -0.372 e. The number of carbonyl (C=O) groups excluding carboxylic acids is 1. The predicted octanol–water partition coefficient (Wildman–Crippen LogP) is 4.64. The molecule has 1 saturated carbocycles. The number of anilines is 1. The summed E-state index contributed by atoms with van der Waals surface area (Å²) < 4.78 is 24.4. The van der Waals surface area contributed by atoms with Crippen LogP contribution in [0.3, 0.4) is 0 Å². The molecule has 0 aromatic heterocycles. The summed E-state index contributed by atoms with van der Waals surface area (Å²) in [5.74, 6) is -0.155. The van der Waals surface area contributed by atoms with E-state index in [0.29, 0.717) is 13.0 Å². The fourth-order valence-corrected chi connectivity index (χ4v) is 6.78. The highest BCUT2D eigenvalue weighted by molar-refractivity contribution is 7.91. The Morgan fingerprint density at radius 1 is 1.16 bits per heavy atom. The zero-order valence-corrected chi connectivity index (χ0v) is 21.0. The molecule has 2 fully saturated rings. The molecule has 1 aromatic carbocycles. The maximum absolute atomic E-state index is 13.6. The molecule has 1 aliphatic carbocycles. The highest BCUT2D eigenvalue weighted by atomic mass is 35.5. The van der Waals surface area contributed by atoms with Crippen LogP contribution in [0.25, 0.3) is 0 Å². The van der Waals surface area contributed by atoms with E-state index >= 15 is 0 Å². The molecule has 1 heterocycles. The van der Waals surface area contributed by atoms with Gasteiger partial charge in [-0.2, -0.15) is 0 Å². The summed E-state index contributed by atoms with van der Waals surface area (Å²) in [6, 6.07) is 7.89. The van der Waals surface area contributed by atoms with Crippen molar-refractivity contribution in [3.63, 3.8) is 0 Å². The topological polar surface area (TPSA) is 57.7 Å². The highest BCUT2D eigenvalue weighted by Crippen LogP contribution is 2.60. The van der Waals surface area contributed by atoms with Gasteiger partial charge in [-0.15, -0.1) is 0 Å². The number of halogens is 2. The van der Waals surface area contributed by atoms with Crippen molar-refractivity contribution < 1.29 is 13.2 Å². The Bertz CT molecular complexity index is 936. The van der Waals surface area contributed by atoms with E-state index in [4.69, 9.17) is 23.2 Å². The summed E-state index contributed by atoms with van der Waals surface area (Å²) in [4.78, 5) is 17.6. The van der Waals surface area contributed by atoms with Crippen molar-refractivity contribution in [2.45, 2.75) is 46.7 Å². The first-order chi connectivity index (χ1) is 14.5. The second-order valence-corrected chi connectivity index (χ2v) is 12.4. The van der Waals surface area contributed by atoms with Gasteiger partial charge >= 0.3 is 0 Å². The van der Waals surface area contributed by atoms with Crippen LogP contribution in [0.2, 0.25) is 0 Å². The van der Waals surface area contributed by atoms with Gasteiger partial charge in [-0.25, -0.2) is 8.42 Å². The van der Waals surface area contributed by atoms with Gasteiger partial charge in [-0.05, 0) is 55.4 Å². The van der Waals surface area contributed by atoms with Crippen molar-refractivity contribution in [1.82, 2.24) is 4.90 Å². The van der Waals surface area contributed by atoms with Gasteiger partial charge in [0.1, 0.15) is 4.49 Å². The summed E-state index contributed by atoms with van der Waals surface area (Å²) in [5.41, 5.74) is 1.88. The van der Waals surface area contributed by atoms with Gasteiger partial charge < -0.3 is 9.80 Å². The first kappa shape index (κ1) is 24.4. The average molecular weight is 487 g/mol. The average Bonchev–Trinajstić information content (AvgIpc) is 3.02. The molecular formula is C23H32Cl2N2O3S. The first-order valence-electron chi connectivity index (χ1n) is 10.9. The maximum Gasteiger partial charge on any atom is 0.227 e. The van der Waals surface area contributed by atoms with Gasteiger partial charge in [0.15, 0.2) is 9.84 Å². The number of allylic oxidation sites excluding steroid dienone is 1. The normalized spacial score (nSPS) is 25.7. The molecule has 0 spiro atoms. The Morgan fingerprint density at radius 2 is 1.77 bits per heavy atom. The van der Waals surface area contributed by atoms with Gasteiger partial charge in [0.2, 0.25) is 5.91 Å². The fraction of sp³-hybridized carbons (Fsp3) is 0.609. The Kier molecular flexibility index (Phi) is 7.34. The molecular weight excluding hydrogens is 455 g/mol. The maximum atomic E-state index is 13.6. The van der Waals surface area contributed by atoms with Crippen LogP contribution in [0.15, 0.2) is 34.8 Å². The fourth-order valence-electron chi connectivity index (χ4n) is 4.78. The van der Waals surface area contributed by atoms with Crippen LogP contribution < -0.4 is 4.90 Å². The minimum atomic E-state index is -3.11. The molecule has 2 aliphatic rings. The number of amides is 1. The van der Waals surface area contributed by atoms with E-state index in [1.54, 1.807) is 11.0 Å².